The molecule has 2 heterocycles. The third kappa shape index (κ3) is 4.18. The SMILES string of the molecule is O=C(Cn1ccc2ccccc21)Nc1sc2c(c1C(=O)NCc1ccccc1)CCCC2. The molecule has 6 heteroatoms. The second kappa shape index (κ2) is 9.01. The molecular weight excluding hydrogens is 418 g/mol. The third-order valence-electron chi connectivity index (χ3n) is 5.94. The fraction of sp³-hybridized carbons (Fsp3) is 0.231. The van der Waals surface area contributed by atoms with E-state index in [4.69, 9.17) is 0 Å². The molecule has 5 nitrogen and oxygen atoms in total. The first kappa shape index (κ1) is 20.5. The summed E-state index contributed by atoms with van der Waals surface area (Å²) in [6.07, 6.45) is 5.99. The monoisotopic (exact) mass is 443 g/mol. The Labute approximate surface area is 191 Å². The first-order chi connectivity index (χ1) is 15.7. The fourth-order valence-corrected chi connectivity index (χ4v) is 5.66. The number of aromatic nitrogens is 1. The Hall–Kier alpha value is -3.38. The highest BCUT2D eigenvalue weighted by Crippen LogP contribution is 2.38. The van der Waals surface area contributed by atoms with Gasteiger partial charge in [0.1, 0.15) is 11.5 Å². The lowest BCUT2D eigenvalue weighted by Gasteiger charge is -2.13. The van der Waals surface area contributed by atoms with Crippen molar-refractivity contribution in [1.29, 1.82) is 0 Å². The van der Waals surface area contributed by atoms with Gasteiger partial charge < -0.3 is 15.2 Å². The van der Waals surface area contributed by atoms with Gasteiger partial charge in [-0.05, 0) is 54.3 Å². The van der Waals surface area contributed by atoms with Gasteiger partial charge in [0.15, 0.2) is 0 Å². The van der Waals surface area contributed by atoms with Gasteiger partial charge in [0.25, 0.3) is 5.91 Å². The van der Waals surface area contributed by atoms with Crippen LogP contribution in [0, 0.1) is 0 Å². The summed E-state index contributed by atoms with van der Waals surface area (Å²) >= 11 is 1.55. The average molecular weight is 444 g/mol. The summed E-state index contributed by atoms with van der Waals surface area (Å²) < 4.78 is 1.94. The van der Waals surface area contributed by atoms with Crippen molar-refractivity contribution in [2.24, 2.45) is 0 Å². The molecule has 2 aromatic heterocycles. The number of carbonyl (C=O) groups is 2. The highest BCUT2D eigenvalue weighted by molar-refractivity contribution is 7.17. The summed E-state index contributed by atoms with van der Waals surface area (Å²) in [6, 6.07) is 19.9. The second-order valence-corrected chi connectivity index (χ2v) is 9.24. The van der Waals surface area contributed by atoms with Gasteiger partial charge in [-0.2, -0.15) is 0 Å². The van der Waals surface area contributed by atoms with Crippen LogP contribution in [0.15, 0.2) is 66.9 Å². The predicted molar refractivity (Wildman–Crippen MR) is 129 cm³/mol. The number of hydrogen-bond acceptors (Lipinski definition) is 3. The minimum Gasteiger partial charge on any atom is -0.348 e. The quantitative estimate of drug-likeness (QED) is 0.433. The largest absolute Gasteiger partial charge is 0.348 e. The Morgan fingerprint density at radius 1 is 0.938 bits per heavy atom. The molecule has 32 heavy (non-hydrogen) atoms. The predicted octanol–water partition coefficient (Wildman–Crippen LogP) is 5.15. The Morgan fingerprint density at radius 3 is 2.59 bits per heavy atom. The van der Waals surface area contributed by atoms with E-state index in [1.54, 1.807) is 11.3 Å². The number of aryl methyl sites for hydroxylation is 1. The molecular formula is C26H25N3O2S. The molecule has 2 amide bonds. The van der Waals surface area contributed by atoms with Crippen LogP contribution < -0.4 is 10.6 Å². The van der Waals surface area contributed by atoms with Crippen LogP contribution in [-0.2, 0) is 30.7 Å². The molecule has 2 aromatic carbocycles. The number of nitrogens with one attached hydrogen (secondary N) is 2. The lowest BCUT2D eigenvalue weighted by molar-refractivity contribution is -0.116. The van der Waals surface area contributed by atoms with E-state index in [2.05, 4.69) is 10.6 Å². The van der Waals surface area contributed by atoms with E-state index in [1.165, 1.54) is 4.88 Å². The van der Waals surface area contributed by atoms with Crippen molar-refractivity contribution in [2.45, 2.75) is 38.8 Å². The maximum Gasteiger partial charge on any atom is 0.254 e. The number of amides is 2. The van der Waals surface area contributed by atoms with Gasteiger partial charge in [-0.3, -0.25) is 9.59 Å². The topological polar surface area (TPSA) is 63.1 Å². The minimum absolute atomic E-state index is 0.116. The fourth-order valence-electron chi connectivity index (χ4n) is 4.36. The van der Waals surface area contributed by atoms with E-state index < -0.39 is 0 Å². The Balaban J connectivity index is 1.36. The first-order valence-corrected chi connectivity index (χ1v) is 11.8. The summed E-state index contributed by atoms with van der Waals surface area (Å²) in [5.74, 6) is -0.239. The van der Waals surface area contributed by atoms with E-state index in [0.29, 0.717) is 17.1 Å². The summed E-state index contributed by atoms with van der Waals surface area (Å²) in [4.78, 5) is 27.3. The number of rotatable bonds is 6. The van der Waals surface area contributed by atoms with Crippen molar-refractivity contribution in [3.05, 3.63) is 88.4 Å². The van der Waals surface area contributed by atoms with Crippen molar-refractivity contribution in [1.82, 2.24) is 9.88 Å². The maximum atomic E-state index is 13.2. The van der Waals surface area contributed by atoms with Gasteiger partial charge >= 0.3 is 0 Å². The molecule has 0 fully saturated rings. The zero-order valence-electron chi connectivity index (χ0n) is 17.8. The Kier molecular flexibility index (Phi) is 5.77. The molecule has 0 spiro atoms. The Bertz CT molecular complexity index is 1270. The molecule has 0 saturated heterocycles. The standard InChI is InChI=1S/C26H25N3O2S/c30-23(17-29-15-14-19-10-4-6-12-21(19)29)28-26-24(20-11-5-7-13-22(20)32-26)25(31)27-16-18-8-2-1-3-9-18/h1-4,6,8-10,12,14-15H,5,7,11,13,16-17H2,(H,27,31)(H,28,30). The molecule has 0 bridgehead atoms. The molecule has 5 rings (SSSR count). The number of carbonyl (C=O) groups excluding carboxylic acids is 2. The number of hydrogen-bond donors (Lipinski definition) is 2. The molecule has 0 aliphatic heterocycles. The summed E-state index contributed by atoms with van der Waals surface area (Å²) in [5, 5.41) is 7.87. The highest BCUT2D eigenvalue weighted by atomic mass is 32.1. The Morgan fingerprint density at radius 2 is 1.72 bits per heavy atom. The lowest BCUT2D eigenvalue weighted by atomic mass is 9.95. The highest BCUT2D eigenvalue weighted by Gasteiger charge is 2.26. The van der Waals surface area contributed by atoms with Gasteiger partial charge in [-0.1, -0.05) is 48.5 Å². The van der Waals surface area contributed by atoms with E-state index >= 15 is 0 Å². The van der Waals surface area contributed by atoms with E-state index in [1.807, 2.05) is 71.4 Å². The molecule has 0 atom stereocenters. The molecule has 0 unspecified atom stereocenters. The van der Waals surface area contributed by atoms with Crippen LogP contribution in [0.3, 0.4) is 0 Å². The van der Waals surface area contributed by atoms with Crippen LogP contribution in [0.4, 0.5) is 5.00 Å². The zero-order valence-corrected chi connectivity index (χ0v) is 18.6. The van der Waals surface area contributed by atoms with E-state index in [-0.39, 0.29) is 18.4 Å². The molecule has 1 aliphatic carbocycles. The van der Waals surface area contributed by atoms with E-state index in [9.17, 15) is 9.59 Å². The zero-order chi connectivity index (χ0) is 21.9. The minimum atomic E-state index is -0.123. The molecule has 2 N–H and O–H groups in total. The van der Waals surface area contributed by atoms with Crippen LogP contribution in [0.5, 0.6) is 0 Å². The lowest BCUT2D eigenvalue weighted by Crippen LogP contribution is -2.26. The van der Waals surface area contributed by atoms with Gasteiger partial charge in [-0.25, -0.2) is 0 Å². The van der Waals surface area contributed by atoms with Crippen molar-refractivity contribution in [2.75, 3.05) is 5.32 Å². The molecule has 1 aliphatic rings. The van der Waals surface area contributed by atoms with Crippen LogP contribution >= 0.6 is 11.3 Å². The number of nitrogens with zero attached hydrogens (tertiary/aromatic N) is 1. The normalized spacial score (nSPS) is 13.0. The van der Waals surface area contributed by atoms with Crippen LogP contribution in [-0.4, -0.2) is 16.4 Å². The van der Waals surface area contributed by atoms with Gasteiger partial charge in [0, 0.05) is 23.1 Å². The maximum absolute atomic E-state index is 13.2. The average Bonchev–Trinajstić information content (AvgIpc) is 3.39. The van der Waals surface area contributed by atoms with Gasteiger partial charge in [0.05, 0.1) is 5.56 Å². The van der Waals surface area contributed by atoms with E-state index in [0.717, 1.165) is 47.7 Å². The van der Waals surface area contributed by atoms with Gasteiger partial charge in [0.2, 0.25) is 5.91 Å². The number of anilines is 1. The number of para-hydroxylation sites is 1. The van der Waals surface area contributed by atoms with Gasteiger partial charge in [-0.15, -0.1) is 11.3 Å². The van der Waals surface area contributed by atoms with Crippen LogP contribution in [0.1, 0.15) is 39.2 Å². The van der Waals surface area contributed by atoms with Crippen molar-refractivity contribution < 1.29 is 9.59 Å². The smallest absolute Gasteiger partial charge is 0.254 e. The molecule has 4 aromatic rings. The first-order valence-electron chi connectivity index (χ1n) is 11.0. The summed E-state index contributed by atoms with van der Waals surface area (Å²) in [6.45, 7) is 0.675. The molecule has 0 saturated carbocycles. The van der Waals surface area contributed by atoms with Crippen molar-refractivity contribution in [3.63, 3.8) is 0 Å². The van der Waals surface area contributed by atoms with Crippen LogP contribution in [0.2, 0.25) is 0 Å². The summed E-state index contributed by atoms with van der Waals surface area (Å²) in [5.41, 5.74) is 3.82. The number of thiophene rings is 1. The number of fused-ring (bicyclic) bond motifs is 2. The molecule has 0 radical (unpaired) electrons. The van der Waals surface area contributed by atoms with Crippen molar-refractivity contribution in [3.8, 4) is 0 Å². The third-order valence-corrected chi connectivity index (χ3v) is 7.15. The van der Waals surface area contributed by atoms with Crippen LogP contribution in [0.25, 0.3) is 10.9 Å². The number of benzene rings is 2. The second-order valence-electron chi connectivity index (χ2n) is 8.13. The molecule has 162 valence electrons. The summed E-state index contributed by atoms with van der Waals surface area (Å²) in [7, 11) is 0. The van der Waals surface area contributed by atoms with Crippen molar-refractivity contribution >= 4 is 39.1 Å².